The Morgan fingerprint density at radius 1 is 1.38 bits per heavy atom. The predicted molar refractivity (Wildman–Crippen MR) is 47.5 cm³/mol. The van der Waals surface area contributed by atoms with Crippen LogP contribution in [0.15, 0.2) is 24.3 Å². The lowest BCUT2D eigenvalue weighted by atomic mass is 10.1. The van der Waals surface area contributed by atoms with Crippen molar-refractivity contribution in [2.75, 3.05) is 7.11 Å². The fraction of sp³-hybridized carbons (Fsp3) is 0.111. The summed E-state index contributed by atoms with van der Waals surface area (Å²) in [5, 5.41) is 15.7. The number of aliphatic carboxylic acids is 1. The van der Waals surface area contributed by atoms with Crippen molar-refractivity contribution in [1.82, 2.24) is 0 Å². The molecule has 0 radical (unpaired) electrons. The molecule has 1 aromatic rings. The zero-order chi connectivity index (χ0) is 9.84. The van der Waals surface area contributed by atoms with Gasteiger partial charge in [-0.25, -0.2) is 4.79 Å². The lowest BCUT2D eigenvalue weighted by Crippen LogP contribution is -2.12. The molecule has 0 aliphatic carbocycles. The highest BCUT2D eigenvalue weighted by molar-refractivity contribution is 6.41. The lowest BCUT2D eigenvalue weighted by molar-refractivity contribution is -0.129. The lowest BCUT2D eigenvalue weighted by Gasteiger charge is -2.01. The average Bonchev–Trinajstić information content (AvgIpc) is 2.17. The highest BCUT2D eigenvalue weighted by Gasteiger charge is 2.08. The van der Waals surface area contributed by atoms with Gasteiger partial charge in [-0.2, -0.15) is 0 Å². The van der Waals surface area contributed by atoms with Gasteiger partial charge in [-0.3, -0.25) is 5.41 Å². The van der Waals surface area contributed by atoms with Gasteiger partial charge in [0, 0.05) is 5.56 Å². The summed E-state index contributed by atoms with van der Waals surface area (Å²) in [6.07, 6.45) is 0. The molecule has 0 saturated heterocycles. The van der Waals surface area contributed by atoms with Crippen molar-refractivity contribution >= 4 is 11.7 Å². The van der Waals surface area contributed by atoms with E-state index in [0.717, 1.165) is 0 Å². The van der Waals surface area contributed by atoms with Crippen LogP contribution in [0.5, 0.6) is 5.75 Å². The molecule has 0 spiro atoms. The molecule has 68 valence electrons. The van der Waals surface area contributed by atoms with Crippen LogP contribution < -0.4 is 4.74 Å². The molecule has 0 aromatic heterocycles. The van der Waals surface area contributed by atoms with Gasteiger partial charge >= 0.3 is 5.97 Å². The third-order valence-corrected chi connectivity index (χ3v) is 1.59. The normalized spacial score (nSPS) is 9.31. The second kappa shape index (κ2) is 3.71. The number of hydrogen-bond acceptors (Lipinski definition) is 3. The summed E-state index contributed by atoms with van der Waals surface area (Å²) >= 11 is 0. The molecule has 0 bridgehead atoms. The summed E-state index contributed by atoms with van der Waals surface area (Å²) in [5.74, 6) is -0.591. The monoisotopic (exact) mass is 179 g/mol. The molecule has 0 fully saturated rings. The first kappa shape index (κ1) is 9.25. The second-order valence-electron chi connectivity index (χ2n) is 2.41. The van der Waals surface area contributed by atoms with Crippen LogP contribution in [0, 0.1) is 5.41 Å². The molecule has 0 aliphatic rings. The van der Waals surface area contributed by atoms with Crippen LogP contribution in [-0.2, 0) is 4.79 Å². The third-order valence-electron chi connectivity index (χ3n) is 1.59. The van der Waals surface area contributed by atoms with E-state index in [2.05, 4.69) is 0 Å². The maximum Gasteiger partial charge on any atom is 0.354 e. The van der Waals surface area contributed by atoms with Gasteiger partial charge < -0.3 is 9.84 Å². The Morgan fingerprint density at radius 2 is 1.92 bits per heavy atom. The molecule has 0 aliphatic heterocycles. The van der Waals surface area contributed by atoms with E-state index in [1.165, 1.54) is 19.2 Å². The summed E-state index contributed by atoms with van der Waals surface area (Å²) in [7, 11) is 1.53. The number of benzene rings is 1. The van der Waals surface area contributed by atoms with Crippen LogP contribution >= 0.6 is 0 Å². The standard InChI is InChI=1S/C9H9NO3/c1-13-7-4-2-6(3-5-7)8(10)9(11)12/h2-5,10H,1H3,(H,11,12). The fourth-order valence-electron chi connectivity index (χ4n) is 0.881. The van der Waals surface area contributed by atoms with Gasteiger partial charge in [-0.15, -0.1) is 0 Å². The van der Waals surface area contributed by atoms with Gasteiger partial charge in [-0.05, 0) is 24.3 Å². The quantitative estimate of drug-likeness (QED) is 0.683. The van der Waals surface area contributed by atoms with Crippen LogP contribution in [0.4, 0.5) is 0 Å². The van der Waals surface area contributed by atoms with E-state index in [0.29, 0.717) is 11.3 Å². The fourth-order valence-corrected chi connectivity index (χ4v) is 0.881. The van der Waals surface area contributed by atoms with E-state index in [1.807, 2.05) is 0 Å². The van der Waals surface area contributed by atoms with E-state index in [9.17, 15) is 4.79 Å². The minimum atomic E-state index is -1.23. The van der Waals surface area contributed by atoms with Crippen molar-refractivity contribution in [2.24, 2.45) is 0 Å². The van der Waals surface area contributed by atoms with Gasteiger partial charge in [-0.1, -0.05) is 0 Å². The topological polar surface area (TPSA) is 70.4 Å². The molecule has 2 N–H and O–H groups in total. The Balaban J connectivity index is 2.92. The number of carboxylic acids is 1. The molecule has 1 aromatic carbocycles. The van der Waals surface area contributed by atoms with Crippen molar-refractivity contribution in [3.63, 3.8) is 0 Å². The minimum Gasteiger partial charge on any atom is -0.497 e. The zero-order valence-corrected chi connectivity index (χ0v) is 7.07. The second-order valence-corrected chi connectivity index (χ2v) is 2.41. The number of nitrogens with one attached hydrogen (secondary N) is 1. The smallest absolute Gasteiger partial charge is 0.354 e. The Morgan fingerprint density at radius 3 is 2.31 bits per heavy atom. The van der Waals surface area contributed by atoms with Gasteiger partial charge in [0.2, 0.25) is 0 Å². The molecule has 13 heavy (non-hydrogen) atoms. The van der Waals surface area contributed by atoms with Gasteiger partial charge in [0.05, 0.1) is 7.11 Å². The van der Waals surface area contributed by atoms with Crippen molar-refractivity contribution in [3.8, 4) is 5.75 Å². The van der Waals surface area contributed by atoms with Crippen molar-refractivity contribution in [3.05, 3.63) is 29.8 Å². The summed E-state index contributed by atoms with van der Waals surface area (Å²) in [4.78, 5) is 10.4. The number of hydrogen-bond donors (Lipinski definition) is 2. The third kappa shape index (κ3) is 2.05. The largest absolute Gasteiger partial charge is 0.497 e. The Labute approximate surface area is 75.3 Å². The zero-order valence-electron chi connectivity index (χ0n) is 7.07. The molecule has 4 heteroatoms. The Hall–Kier alpha value is -1.84. The van der Waals surface area contributed by atoms with E-state index in [4.69, 9.17) is 15.3 Å². The molecule has 1 rings (SSSR count). The summed E-state index contributed by atoms with van der Waals surface area (Å²) in [6, 6.07) is 6.31. The van der Waals surface area contributed by atoms with E-state index >= 15 is 0 Å². The van der Waals surface area contributed by atoms with E-state index < -0.39 is 11.7 Å². The molecule has 0 saturated carbocycles. The Bertz CT molecular complexity index is 329. The minimum absolute atomic E-state index is 0.369. The molecule has 0 amide bonds. The van der Waals surface area contributed by atoms with Gasteiger partial charge in [0.1, 0.15) is 11.5 Å². The number of carbonyl (C=O) groups is 1. The van der Waals surface area contributed by atoms with Gasteiger partial charge in [0.15, 0.2) is 0 Å². The van der Waals surface area contributed by atoms with Crippen LogP contribution in [-0.4, -0.2) is 23.9 Å². The Kier molecular flexibility index (Phi) is 2.64. The highest BCUT2D eigenvalue weighted by atomic mass is 16.5. The molecule has 4 nitrogen and oxygen atoms in total. The molecule has 0 atom stereocenters. The first-order chi connectivity index (χ1) is 6.15. The van der Waals surface area contributed by atoms with Crippen LogP contribution in [0.2, 0.25) is 0 Å². The maximum absolute atomic E-state index is 10.4. The van der Waals surface area contributed by atoms with Crippen molar-refractivity contribution < 1.29 is 14.6 Å². The SMILES string of the molecule is COc1ccc(C(=N)C(=O)O)cc1. The molecular weight excluding hydrogens is 170 g/mol. The van der Waals surface area contributed by atoms with Crippen molar-refractivity contribution in [2.45, 2.75) is 0 Å². The number of rotatable bonds is 3. The molecule has 0 unspecified atom stereocenters. The highest BCUT2D eigenvalue weighted by Crippen LogP contribution is 2.11. The van der Waals surface area contributed by atoms with Crippen molar-refractivity contribution in [1.29, 1.82) is 5.41 Å². The number of ether oxygens (including phenoxy) is 1. The summed E-state index contributed by atoms with van der Waals surface area (Å²) in [5.41, 5.74) is -0.0454. The maximum atomic E-state index is 10.4. The van der Waals surface area contributed by atoms with Crippen LogP contribution in [0.3, 0.4) is 0 Å². The van der Waals surface area contributed by atoms with E-state index in [1.54, 1.807) is 12.1 Å². The van der Waals surface area contributed by atoms with E-state index in [-0.39, 0.29) is 0 Å². The average molecular weight is 179 g/mol. The summed E-state index contributed by atoms with van der Waals surface area (Å²) < 4.78 is 4.89. The number of methoxy groups -OCH3 is 1. The van der Waals surface area contributed by atoms with Crippen LogP contribution in [0.1, 0.15) is 5.56 Å². The number of carboxylic acid groups (broad SMARTS) is 1. The summed E-state index contributed by atoms with van der Waals surface area (Å²) in [6.45, 7) is 0. The molecule has 0 heterocycles. The molecular formula is C9H9NO3. The van der Waals surface area contributed by atoms with Gasteiger partial charge in [0.25, 0.3) is 0 Å². The van der Waals surface area contributed by atoms with Crippen LogP contribution in [0.25, 0.3) is 0 Å². The predicted octanol–water partition coefficient (Wildman–Crippen LogP) is 1.15. The first-order valence-electron chi connectivity index (χ1n) is 3.61. The first-order valence-corrected chi connectivity index (χ1v) is 3.61.